The molecule has 6 N–H and O–H groups in total. The second-order valence-corrected chi connectivity index (χ2v) is 0.655. The molecule has 0 aliphatic rings. The number of hydrogen-bond donors (Lipinski definition) is 3. The Hall–Kier alpha value is -1.10. The lowest BCUT2D eigenvalue weighted by Gasteiger charge is -1.59. The van der Waals surface area contributed by atoms with Gasteiger partial charge in [0.25, 0.3) is 5.97 Å². The molecule has 5 heteroatoms. The molecule has 0 spiro atoms. The highest BCUT2D eigenvalue weighted by Gasteiger charge is 1.65. The normalized spacial score (nSPS) is 4.62. The van der Waals surface area contributed by atoms with Gasteiger partial charge in [-0.05, 0) is 0 Å². The number of carbonyl (C=O) groups is 2. The number of rotatable bonds is 0. The molecule has 0 aromatic heterocycles. The lowest BCUT2D eigenvalue weighted by atomic mass is 10.9. The summed E-state index contributed by atoms with van der Waals surface area (Å²) in [6.45, 7) is 1.08. The van der Waals surface area contributed by atoms with Gasteiger partial charge >= 0.3 is 0 Å². The van der Waals surface area contributed by atoms with Crippen LogP contribution in [0.1, 0.15) is 6.92 Å². The van der Waals surface area contributed by atoms with Gasteiger partial charge in [-0.3, -0.25) is 9.59 Å². The molecule has 0 saturated heterocycles. The van der Waals surface area contributed by atoms with Gasteiger partial charge in [-0.25, -0.2) is 0 Å². The van der Waals surface area contributed by atoms with Crippen LogP contribution in [0, 0.1) is 0 Å². The zero-order valence-corrected chi connectivity index (χ0v) is 4.63. The Balaban J connectivity index is -0.0000000575. The Morgan fingerprint density at radius 3 is 1.75 bits per heavy atom. The first-order valence-electron chi connectivity index (χ1n) is 1.50. The molecule has 8 heavy (non-hydrogen) atoms. The van der Waals surface area contributed by atoms with Crippen molar-refractivity contribution < 1.29 is 14.7 Å². The first-order chi connectivity index (χ1) is 3.15. The molecule has 0 unspecified atom stereocenters. The van der Waals surface area contributed by atoms with E-state index in [0.717, 1.165) is 6.92 Å². The number of hydrogen-bond acceptors (Lipinski definition) is 3. The minimum absolute atomic E-state index is 0. The number of carbonyl (C=O) groups excluding carboxylic acids is 1. The number of nitrogens with two attached hydrogens (primary N) is 1. The van der Waals surface area contributed by atoms with E-state index >= 15 is 0 Å². The van der Waals surface area contributed by atoms with Gasteiger partial charge in [0.1, 0.15) is 0 Å². The Morgan fingerprint density at radius 2 is 1.75 bits per heavy atom. The van der Waals surface area contributed by atoms with Crippen molar-refractivity contribution in [1.29, 1.82) is 0 Å². The molecule has 0 atom stereocenters. The summed E-state index contributed by atoms with van der Waals surface area (Å²) in [5, 5.41) is 7.42. The molecular weight excluding hydrogens is 112 g/mol. The largest absolute Gasteiger partial charge is 0.481 e. The summed E-state index contributed by atoms with van der Waals surface area (Å²) in [5.74, 6) is -0.833. The van der Waals surface area contributed by atoms with Gasteiger partial charge in [0.2, 0.25) is 6.41 Å². The van der Waals surface area contributed by atoms with Crippen molar-refractivity contribution in [3.05, 3.63) is 0 Å². The topological polar surface area (TPSA) is 115 Å². The summed E-state index contributed by atoms with van der Waals surface area (Å²) in [5.41, 5.74) is 4.17. The van der Waals surface area contributed by atoms with Crippen LogP contribution in [0.25, 0.3) is 0 Å². The summed E-state index contributed by atoms with van der Waals surface area (Å²) in [6, 6.07) is 0. The number of carboxylic acids is 1. The highest BCUT2D eigenvalue weighted by atomic mass is 16.4. The van der Waals surface area contributed by atoms with Crippen LogP contribution in [0.5, 0.6) is 0 Å². The highest BCUT2D eigenvalue weighted by molar-refractivity contribution is 5.62. The van der Waals surface area contributed by atoms with Crippen LogP contribution < -0.4 is 11.9 Å². The molecule has 0 radical (unpaired) electrons. The lowest BCUT2D eigenvalue weighted by Crippen LogP contribution is -1.82. The van der Waals surface area contributed by atoms with Crippen LogP contribution >= 0.6 is 0 Å². The van der Waals surface area contributed by atoms with E-state index in [-0.39, 0.29) is 12.6 Å². The summed E-state index contributed by atoms with van der Waals surface area (Å²) in [6.07, 6.45) is 0.250. The van der Waals surface area contributed by atoms with E-state index < -0.39 is 5.97 Å². The second kappa shape index (κ2) is 16.8. The Labute approximate surface area is 47.1 Å². The molecule has 0 aliphatic heterocycles. The molecule has 0 aromatic carbocycles. The maximum Gasteiger partial charge on any atom is 0.300 e. The Bertz CT molecular complexity index is 59.5. The second-order valence-electron chi connectivity index (χ2n) is 0.655. The van der Waals surface area contributed by atoms with Gasteiger partial charge in [0.05, 0.1) is 0 Å². The molecule has 0 fully saturated rings. The van der Waals surface area contributed by atoms with Crippen molar-refractivity contribution in [3.63, 3.8) is 0 Å². The highest BCUT2D eigenvalue weighted by Crippen LogP contribution is 1.42. The van der Waals surface area contributed by atoms with E-state index in [2.05, 4.69) is 5.73 Å². The molecule has 0 bridgehead atoms. The molecule has 0 saturated carbocycles. The van der Waals surface area contributed by atoms with Gasteiger partial charge in [0, 0.05) is 6.92 Å². The molecule has 0 aromatic rings. The third kappa shape index (κ3) is 61.6. The van der Waals surface area contributed by atoms with Gasteiger partial charge in [0.15, 0.2) is 0 Å². The minimum Gasteiger partial charge on any atom is -0.481 e. The standard InChI is InChI=1S/C2H4O2.CH3NO.H3N/c1-2(3)4;2-1-3;/h1H3,(H,3,4);1H,(H2,2,3);1H3. The van der Waals surface area contributed by atoms with Crippen molar-refractivity contribution in [1.82, 2.24) is 6.15 Å². The maximum atomic E-state index is 9.00. The summed E-state index contributed by atoms with van der Waals surface area (Å²) in [7, 11) is 0. The number of amides is 1. The fourth-order valence-corrected chi connectivity index (χ4v) is 0. The van der Waals surface area contributed by atoms with E-state index in [1.165, 1.54) is 0 Å². The molecule has 50 valence electrons. The number of carboxylic acid groups (broad SMARTS) is 1. The van der Waals surface area contributed by atoms with Crippen molar-refractivity contribution in [2.24, 2.45) is 5.73 Å². The first kappa shape index (κ1) is 15.8. The molecule has 5 nitrogen and oxygen atoms in total. The Kier molecular flexibility index (Phi) is 33.2. The average molecular weight is 122 g/mol. The third-order valence-electron chi connectivity index (χ3n) is 0. The average Bonchev–Trinajstić information content (AvgIpc) is 1.33. The van der Waals surface area contributed by atoms with E-state index in [1.807, 2.05) is 0 Å². The van der Waals surface area contributed by atoms with Crippen molar-refractivity contribution in [2.45, 2.75) is 6.92 Å². The molecule has 0 rings (SSSR count). The zero-order valence-electron chi connectivity index (χ0n) is 4.63. The van der Waals surface area contributed by atoms with Crippen LogP contribution in [-0.4, -0.2) is 17.5 Å². The summed E-state index contributed by atoms with van der Waals surface area (Å²) in [4.78, 5) is 17.6. The lowest BCUT2D eigenvalue weighted by molar-refractivity contribution is -0.134. The van der Waals surface area contributed by atoms with Crippen molar-refractivity contribution >= 4 is 12.4 Å². The van der Waals surface area contributed by atoms with Crippen LogP contribution in [0.15, 0.2) is 0 Å². The molecule has 1 amide bonds. The van der Waals surface area contributed by atoms with Gasteiger partial charge in [-0.1, -0.05) is 0 Å². The Morgan fingerprint density at radius 1 is 1.75 bits per heavy atom. The van der Waals surface area contributed by atoms with Crippen molar-refractivity contribution in [3.8, 4) is 0 Å². The van der Waals surface area contributed by atoms with E-state index in [9.17, 15) is 0 Å². The van der Waals surface area contributed by atoms with Crippen LogP contribution in [-0.2, 0) is 9.59 Å². The quantitative estimate of drug-likeness (QED) is 0.370. The third-order valence-corrected chi connectivity index (χ3v) is 0. The van der Waals surface area contributed by atoms with E-state index in [0.29, 0.717) is 0 Å². The summed E-state index contributed by atoms with van der Waals surface area (Å²) < 4.78 is 0. The molecular formula is C3H10N2O3. The predicted molar refractivity (Wildman–Crippen MR) is 28.6 cm³/mol. The summed E-state index contributed by atoms with van der Waals surface area (Å²) >= 11 is 0. The fraction of sp³-hybridized carbons (Fsp3) is 0.333. The number of aliphatic carboxylic acids is 1. The monoisotopic (exact) mass is 122 g/mol. The van der Waals surface area contributed by atoms with Crippen LogP contribution in [0.4, 0.5) is 0 Å². The number of primary amides is 1. The van der Waals surface area contributed by atoms with Crippen LogP contribution in [0.3, 0.4) is 0 Å². The van der Waals surface area contributed by atoms with Crippen molar-refractivity contribution in [2.75, 3.05) is 0 Å². The molecule has 0 heterocycles. The molecule has 0 aliphatic carbocycles. The van der Waals surface area contributed by atoms with Gasteiger partial charge < -0.3 is 17.0 Å². The maximum absolute atomic E-state index is 9.00. The van der Waals surface area contributed by atoms with Gasteiger partial charge in [-0.2, -0.15) is 0 Å². The fourth-order valence-electron chi connectivity index (χ4n) is 0. The van der Waals surface area contributed by atoms with E-state index in [1.54, 1.807) is 0 Å². The smallest absolute Gasteiger partial charge is 0.300 e. The minimum atomic E-state index is -0.833. The SMILES string of the molecule is CC(=O)O.N.NC=O. The zero-order chi connectivity index (χ0) is 6.28. The predicted octanol–water partition coefficient (Wildman–Crippen LogP) is -0.646. The van der Waals surface area contributed by atoms with Gasteiger partial charge in [-0.15, -0.1) is 0 Å². The first-order valence-corrected chi connectivity index (χ1v) is 1.50. The van der Waals surface area contributed by atoms with Crippen LogP contribution in [0.2, 0.25) is 0 Å². The van der Waals surface area contributed by atoms with E-state index in [4.69, 9.17) is 14.7 Å².